The van der Waals surface area contributed by atoms with Crippen molar-refractivity contribution >= 4 is 27.6 Å². The first kappa shape index (κ1) is 25.1. The van der Waals surface area contributed by atoms with E-state index in [0.717, 1.165) is 26.9 Å². The Labute approximate surface area is 224 Å². The number of anilines is 1. The summed E-state index contributed by atoms with van der Waals surface area (Å²) in [5.41, 5.74) is 2.91. The van der Waals surface area contributed by atoms with Gasteiger partial charge in [0, 0.05) is 12.4 Å². The highest BCUT2D eigenvalue weighted by atomic mass is 79.9. The fourth-order valence-corrected chi connectivity index (χ4v) is 4.52. The molecule has 0 spiro atoms. The van der Waals surface area contributed by atoms with Gasteiger partial charge in [-0.25, -0.2) is 9.97 Å². The number of ether oxygens (including phenoxy) is 1. The average Bonchev–Trinajstić information content (AvgIpc) is 2.93. The minimum atomic E-state index is -0.893. The summed E-state index contributed by atoms with van der Waals surface area (Å²) in [6.07, 6.45) is 2.56. The number of rotatable bonds is 10. The molecule has 8 heteroatoms. The monoisotopic (exact) mass is 558 g/mol. The number of oxime groups is 1. The van der Waals surface area contributed by atoms with Crippen LogP contribution in [0.25, 0.3) is 0 Å². The molecule has 0 bridgehead atoms. The summed E-state index contributed by atoms with van der Waals surface area (Å²) >= 11 is 3.34. The van der Waals surface area contributed by atoms with Gasteiger partial charge in [0.15, 0.2) is 0 Å². The molecule has 0 amide bonds. The minimum Gasteiger partial charge on any atom is -0.393 e. The maximum atomic E-state index is 10.8. The Hall–Kier alpha value is -3.59. The van der Waals surface area contributed by atoms with Gasteiger partial charge in [-0.15, -0.1) is 0 Å². The van der Waals surface area contributed by atoms with Gasteiger partial charge in [0.2, 0.25) is 5.95 Å². The van der Waals surface area contributed by atoms with Crippen LogP contribution < -0.4 is 4.90 Å². The van der Waals surface area contributed by atoms with Crippen molar-refractivity contribution in [2.75, 3.05) is 31.2 Å². The van der Waals surface area contributed by atoms with E-state index in [1.165, 1.54) is 0 Å². The molecule has 0 radical (unpaired) electrons. The standard InChI is InChI=1S/C29H27BrN4O3/c30-25-16-31-28(32-17-25)34-18-26(19-34)33-37-21-27(35)20-36-29(22-10-4-1-5-11-22,23-12-6-2-7-13-23)24-14-8-3-9-15-24/h1-17,27,35H,18-21H2. The first-order valence-corrected chi connectivity index (χ1v) is 12.8. The third-order valence-electron chi connectivity index (χ3n) is 6.13. The Morgan fingerprint density at radius 1 is 0.811 bits per heavy atom. The van der Waals surface area contributed by atoms with Crippen LogP contribution in [-0.4, -0.2) is 53.2 Å². The lowest BCUT2D eigenvalue weighted by molar-refractivity contribution is -0.0636. The van der Waals surface area contributed by atoms with Crippen LogP contribution in [0.4, 0.5) is 5.95 Å². The zero-order valence-corrected chi connectivity index (χ0v) is 21.7. The highest BCUT2D eigenvalue weighted by Gasteiger charge is 2.38. The largest absolute Gasteiger partial charge is 0.393 e. The van der Waals surface area contributed by atoms with E-state index in [1.54, 1.807) is 12.4 Å². The first-order valence-electron chi connectivity index (χ1n) is 12.0. The van der Waals surface area contributed by atoms with Gasteiger partial charge in [-0.1, -0.05) is 96.2 Å². The van der Waals surface area contributed by atoms with Crippen LogP contribution in [0.15, 0.2) is 113 Å². The van der Waals surface area contributed by atoms with Crippen LogP contribution in [0.2, 0.25) is 0 Å². The molecule has 4 aromatic rings. The average molecular weight is 559 g/mol. The molecule has 3 aromatic carbocycles. The molecule has 1 unspecified atom stereocenters. The van der Waals surface area contributed by atoms with Gasteiger partial charge in [-0.05, 0) is 32.6 Å². The smallest absolute Gasteiger partial charge is 0.226 e. The topological polar surface area (TPSA) is 80.1 Å². The fourth-order valence-electron chi connectivity index (χ4n) is 4.31. The van der Waals surface area contributed by atoms with E-state index < -0.39 is 11.7 Å². The van der Waals surface area contributed by atoms with E-state index >= 15 is 0 Å². The molecule has 1 aliphatic rings. The Morgan fingerprint density at radius 2 is 1.30 bits per heavy atom. The van der Waals surface area contributed by atoms with E-state index in [2.05, 4.69) is 31.1 Å². The molecule has 1 atom stereocenters. The zero-order valence-electron chi connectivity index (χ0n) is 20.2. The van der Waals surface area contributed by atoms with Crippen LogP contribution in [0.3, 0.4) is 0 Å². The number of benzene rings is 3. The van der Waals surface area contributed by atoms with Crippen molar-refractivity contribution in [2.45, 2.75) is 11.7 Å². The molecule has 37 heavy (non-hydrogen) atoms. The lowest BCUT2D eigenvalue weighted by atomic mass is 9.80. The summed E-state index contributed by atoms with van der Waals surface area (Å²) in [4.78, 5) is 16.0. The highest BCUT2D eigenvalue weighted by Crippen LogP contribution is 2.40. The molecule has 5 rings (SSSR count). The van der Waals surface area contributed by atoms with Gasteiger partial charge >= 0.3 is 0 Å². The van der Waals surface area contributed by atoms with Crippen LogP contribution in [0.1, 0.15) is 16.7 Å². The Balaban J connectivity index is 1.26. The highest BCUT2D eigenvalue weighted by molar-refractivity contribution is 9.10. The molecule has 1 N–H and O–H groups in total. The van der Waals surface area contributed by atoms with E-state index in [1.807, 2.05) is 95.9 Å². The van der Waals surface area contributed by atoms with Crippen LogP contribution >= 0.6 is 15.9 Å². The van der Waals surface area contributed by atoms with E-state index in [4.69, 9.17) is 9.57 Å². The van der Waals surface area contributed by atoms with Crippen molar-refractivity contribution in [3.05, 3.63) is 125 Å². The lowest BCUT2D eigenvalue weighted by Gasteiger charge is -2.36. The zero-order chi connectivity index (χ0) is 25.5. The summed E-state index contributed by atoms with van der Waals surface area (Å²) < 4.78 is 7.46. The molecule has 188 valence electrons. The number of aliphatic hydroxyl groups excluding tert-OH is 1. The number of aromatic nitrogens is 2. The van der Waals surface area contributed by atoms with Crippen molar-refractivity contribution in [3.8, 4) is 0 Å². The second-order valence-corrected chi connectivity index (χ2v) is 9.67. The summed E-state index contributed by atoms with van der Waals surface area (Å²) in [5, 5.41) is 14.9. The Bertz CT molecular complexity index is 1200. The molecule has 7 nitrogen and oxygen atoms in total. The normalized spacial score (nSPS) is 14.1. The van der Waals surface area contributed by atoms with E-state index in [-0.39, 0.29) is 13.2 Å². The first-order chi connectivity index (χ1) is 18.1. The quantitative estimate of drug-likeness (QED) is 0.222. The van der Waals surface area contributed by atoms with Crippen molar-refractivity contribution in [3.63, 3.8) is 0 Å². The lowest BCUT2D eigenvalue weighted by Crippen LogP contribution is -2.48. The van der Waals surface area contributed by atoms with Gasteiger partial charge in [-0.2, -0.15) is 0 Å². The maximum absolute atomic E-state index is 10.8. The second kappa shape index (κ2) is 11.6. The number of hydrogen-bond donors (Lipinski definition) is 1. The number of nitrogens with zero attached hydrogens (tertiary/aromatic N) is 4. The number of halogens is 1. The van der Waals surface area contributed by atoms with Gasteiger partial charge in [0.1, 0.15) is 18.3 Å². The molecule has 1 aromatic heterocycles. The fraction of sp³-hybridized carbons (Fsp3) is 0.207. The van der Waals surface area contributed by atoms with Crippen LogP contribution in [0.5, 0.6) is 0 Å². The van der Waals surface area contributed by atoms with Crippen molar-refractivity contribution in [2.24, 2.45) is 5.16 Å². The second-order valence-electron chi connectivity index (χ2n) is 8.75. The van der Waals surface area contributed by atoms with E-state index in [9.17, 15) is 5.11 Å². The molecule has 0 saturated carbocycles. The van der Waals surface area contributed by atoms with Gasteiger partial charge in [-0.3, -0.25) is 0 Å². The number of hydrogen-bond acceptors (Lipinski definition) is 7. The van der Waals surface area contributed by atoms with Crippen molar-refractivity contribution in [1.29, 1.82) is 0 Å². The molecule has 1 saturated heterocycles. The third-order valence-corrected chi connectivity index (χ3v) is 6.54. The van der Waals surface area contributed by atoms with E-state index in [0.29, 0.717) is 19.0 Å². The third kappa shape index (κ3) is 5.72. The van der Waals surface area contributed by atoms with Crippen molar-refractivity contribution in [1.82, 2.24) is 9.97 Å². The van der Waals surface area contributed by atoms with Crippen LogP contribution in [-0.2, 0) is 15.2 Å². The summed E-state index contributed by atoms with van der Waals surface area (Å²) in [5.74, 6) is 0.648. The predicted molar refractivity (Wildman–Crippen MR) is 146 cm³/mol. The summed E-state index contributed by atoms with van der Waals surface area (Å²) in [6.45, 7) is 1.26. The van der Waals surface area contributed by atoms with Crippen molar-refractivity contribution < 1.29 is 14.7 Å². The molecular weight excluding hydrogens is 532 g/mol. The Morgan fingerprint density at radius 3 is 1.78 bits per heavy atom. The molecule has 1 aliphatic heterocycles. The summed E-state index contributed by atoms with van der Waals surface area (Å²) in [7, 11) is 0. The molecule has 2 heterocycles. The van der Waals surface area contributed by atoms with Gasteiger partial charge < -0.3 is 19.6 Å². The Kier molecular flexibility index (Phi) is 7.89. The van der Waals surface area contributed by atoms with Gasteiger partial charge in [0.05, 0.1) is 29.9 Å². The van der Waals surface area contributed by atoms with Crippen LogP contribution in [0, 0.1) is 0 Å². The predicted octanol–water partition coefficient (Wildman–Crippen LogP) is 4.80. The number of aliphatic hydroxyl groups is 1. The summed E-state index contributed by atoms with van der Waals surface area (Å²) in [6, 6.07) is 30.2. The molecular formula is C29H27BrN4O3. The SMILES string of the molecule is OC(CON=C1CN(c2ncc(Br)cn2)C1)COC(c1ccccc1)(c1ccccc1)c1ccccc1. The molecule has 1 fully saturated rings. The maximum Gasteiger partial charge on any atom is 0.226 e. The molecule has 0 aliphatic carbocycles. The van der Waals surface area contributed by atoms with Gasteiger partial charge in [0.25, 0.3) is 0 Å². The minimum absolute atomic E-state index is 0.0206.